The third kappa shape index (κ3) is 4.47. The second kappa shape index (κ2) is 7.07. The lowest BCUT2D eigenvalue weighted by atomic mass is 10.2. The first-order valence-corrected chi connectivity index (χ1v) is 7.28. The highest BCUT2D eigenvalue weighted by Crippen LogP contribution is 2.14. The molecule has 0 bridgehead atoms. The minimum absolute atomic E-state index is 0.233. The summed E-state index contributed by atoms with van der Waals surface area (Å²) in [4.78, 5) is 2.26. The van der Waals surface area contributed by atoms with Gasteiger partial charge in [-0.1, -0.05) is 17.7 Å². The third-order valence-corrected chi connectivity index (χ3v) is 3.65. The Balaban J connectivity index is 1.77. The van der Waals surface area contributed by atoms with E-state index in [1.165, 1.54) is 5.56 Å². The first-order chi connectivity index (χ1) is 9.54. The maximum atomic E-state index is 10.1. The second-order valence-electron chi connectivity index (χ2n) is 5.72. The van der Waals surface area contributed by atoms with E-state index < -0.39 is 6.10 Å². The Morgan fingerprint density at radius 3 is 2.75 bits per heavy atom. The van der Waals surface area contributed by atoms with Crippen molar-refractivity contribution in [3.8, 4) is 5.75 Å². The lowest BCUT2D eigenvalue weighted by molar-refractivity contribution is -0.0650. The van der Waals surface area contributed by atoms with E-state index in [2.05, 4.69) is 18.7 Å². The minimum atomic E-state index is -0.482. The van der Waals surface area contributed by atoms with E-state index in [0.29, 0.717) is 19.2 Å². The Kier molecular flexibility index (Phi) is 5.40. The summed E-state index contributed by atoms with van der Waals surface area (Å²) in [5.74, 6) is 0.804. The van der Waals surface area contributed by atoms with Gasteiger partial charge in [0, 0.05) is 19.1 Å². The molecule has 1 aromatic rings. The summed E-state index contributed by atoms with van der Waals surface area (Å²) in [6, 6.07) is 8.23. The molecule has 0 spiro atoms. The van der Waals surface area contributed by atoms with Crippen LogP contribution in [-0.2, 0) is 4.74 Å². The molecule has 1 aliphatic rings. The molecular formula is C16H25NO3. The van der Waals surface area contributed by atoms with Gasteiger partial charge in [-0.25, -0.2) is 0 Å². The molecule has 1 saturated heterocycles. The molecule has 4 heteroatoms. The summed E-state index contributed by atoms with van der Waals surface area (Å²) < 4.78 is 11.2. The Morgan fingerprint density at radius 1 is 1.35 bits per heavy atom. The van der Waals surface area contributed by atoms with Gasteiger partial charge in [-0.2, -0.15) is 0 Å². The van der Waals surface area contributed by atoms with Crippen LogP contribution in [0.25, 0.3) is 0 Å². The molecule has 0 radical (unpaired) electrons. The highest BCUT2D eigenvalue weighted by atomic mass is 16.5. The molecular weight excluding hydrogens is 254 g/mol. The van der Waals surface area contributed by atoms with Gasteiger partial charge in [0.25, 0.3) is 0 Å². The van der Waals surface area contributed by atoms with Crippen molar-refractivity contribution in [2.75, 3.05) is 26.3 Å². The molecule has 112 valence electrons. The zero-order valence-corrected chi connectivity index (χ0v) is 12.6. The molecule has 0 amide bonds. The van der Waals surface area contributed by atoms with Crippen LogP contribution in [0.4, 0.5) is 0 Å². The van der Waals surface area contributed by atoms with Gasteiger partial charge in [-0.3, -0.25) is 4.90 Å². The van der Waals surface area contributed by atoms with Crippen LogP contribution in [0.2, 0.25) is 0 Å². The predicted octanol–water partition coefficient (Wildman–Crippen LogP) is 1.84. The van der Waals surface area contributed by atoms with Gasteiger partial charge in [0.2, 0.25) is 0 Å². The maximum Gasteiger partial charge on any atom is 0.119 e. The molecule has 0 aliphatic carbocycles. The van der Waals surface area contributed by atoms with Crippen LogP contribution in [-0.4, -0.2) is 54.6 Å². The maximum absolute atomic E-state index is 10.1. The zero-order valence-electron chi connectivity index (χ0n) is 12.6. The van der Waals surface area contributed by atoms with Crippen molar-refractivity contribution in [1.82, 2.24) is 4.90 Å². The normalized spacial score (nSPS) is 25.4. The Morgan fingerprint density at radius 2 is 2.05 bits per heavy atom. The zero-order chi connectivity index (χ0) is 14.5. The number of hydrogen-bond acceptors (Lipinski definition) is 4. The monoisotopic (exact) mass is 279 g/mol. The Bertz CT molecular complexity index is 407. The molecule has 20 heavy (non-hydrogen) atoms. The average molecular weight is 279 g/mol. The fourth-order valence-corrected chi connectivity index (χ4v) is 2.38. The van der Waals surface area contributed by atoms with Crippen molar-refractivity contribution in [3.63, 3.8) is 0 Å². The van der Waals surface area contributed by atoms with E-state index in [1.807, 2.05) is 31.2 Å². The summed E-state index contributed by atoms with van der Waals surface area (Å²) in [7, 11) is 0. The predicted molar refractivity (Wildman–Crippen MR) is 79.1 cm³/mol. The molecule has 2 rings (SSSR count). The van der Waals surface area contributed by atoms with Gasteiger partial charge in [0.1, 0.15) is 18.5 Å². The van der Waals surface area contributed by atoms with Gasteiger partial charge < -0.3 is 14.6 Å². The lowest BCUT2D eigenvalue weighted by Crippen LogP contribution is -2.50. The first kappa shape index (κ1) is 15.3. The summed E-state index contributed by atoms with van der Waals surface area (Å²) in [5, 5.41) is 10.1. The van der Waals surface area contributed by atoms with Crippen molar-refractivity contribution in [3.05, 3.63) is 29.8 Å². The van der Waals surface area contributed by atoms with Gasteiger partial charge >= 0.3 is 0 Å². The molecule has 4 nitrogen and oxygen atoms in total. The molecule has 1 heterocycles. The van der Waals surface area contributed by atoms with Gasteiger partial charge in [0.15, 0.2) is 0 Å². The largest absolute Gasteiger partial charge is 0.491 e. The fraction of sp³-hybridized carbons (Fsp3) is 0.625. The summed E-state index contributed by atoms with van der Waals surface area (Å²) >= 11 is 0. The first-order valence-electron chi connectivity index (χ1n) is 7.28. The van der Waals surface area contributed by atoms with Crippen LogP contribution in [0, 0.1) is 6.92 Å². The quantitative estimate of drug-likeness (QED) is 0.893. The highest BCUT2D eigenvalue weighted by molar-refractivity contribution is 5.26. The topological polar surface area (TPSA) is 41.9 Å². The molecule has 0 aromatic heterocycles. The third-order valence-electron chi connectivity index (χ3n) is 3.65. The second-order valence-corrected chi connectivity index (χ2v) is 5.72. The molecule has 1 fully saturated rings. The van der Waals surface area contributed by atoms with Crippen LogP contribution >= 0.6 is 0 Å². The lowest BCUT2D eigenvalue weighted by Gasteiger charge is -2.37. The van der Waals surface area contributed by atoms with Crippen LogP contribution in [0.5, 0.6) is 5.75 Å². The van der Waals surface area contributed by atoms with Crippen molar-refractivity contribution < 1.29 is 14.6 Å². The van der Waals surface area contributed by atoms with E-state index in [-0.39, 0.29) is 6.10 Å². The van der Waals surface area contributed by atoms with Gasteiger partial charge in [-0.05, 0) is 32.9 Å². The van der Waals surface area contributed by atoms with E-state index in [4.69, 9.17) is 9.47 Å². The smallest absolute Gasteiger partial charge is 0.119 e. The molecule has 0 saturated carbocycles. The van der Waals surface area contributed by atoms with E-state index in [0.717, 1.165) is 18.9 Å². The molecule has 1 aromatic carbocycles. The summed E-state index contributed by atoms with van der Waals surface area (Å²) in [6.45, 7) is 8.77. The molecule has 3 atom stereocenters. The van der Waals surface area contributed by atoms with E-state index >= 15 is 0 Å². The number of rotatable bonds is 5. The van der Waals surface area contributed by atoms with Crippen molar-refractivity contribution in [2.24, 2.45) is 0 Å². The number of morpholine rings is 1. The number of ether oxygens (including phenoxy) is 2. The molecule has 1 aliphatic heterocycles. The van der Waals surface area contributed by atoms with Gasteiger partial charge in [-0.15, -0.1) is 0 Å². The van der Waals surface area contributed by atoms with Crippen LogP contribution in [0.15, 0.2) is 24.3 Å². The van der Waals surface area contributed by atoms with E-state index in [9.17, 15) is 5.11 Å². The number of aryl methyl sites for hydroxylation is 1. The Hall–Kier alpha value is -1.10. The van der Waals surface area contributed by atoms with Crippen molar-refractivity contribution in [2.45, 2.75) is 39.0 Å². The Labute approximate surface area is 121 Å². The number of nitrogens with zero attached hydrogens (tertiary/aromatic N) is 1. The van der Waals surface area contributed by atoms with Crippen LogP contribution < -0.4 is 4.74 Å². The summed E-state index contributed by atoms with van der Waals surface area (Å²) in [5.41, 5.74) is 1.20. The number of aliphatic hydroxyl groups is 1. The molecule has 0 unspecified atom stereocenters. The minimum Gasteiger partial charge on any atom is -0.491 e. The van der Waals surface area contributed by atoms with E-state index in [1.54, 1.807) is 0 Å². The average Bonchev–Trinajstić information content (AvgIpc) is 2.42. The number of benzene rings is 1. The summed E-state index contributed by atoms with van der Waals surface area (Å²) in [6.07, 6.45) is -0.250. The number of β-amino-alcohol motifs (C(OH)–C–C–N with tert-alkyl or cyclic N) is 1. The molecule has 1 N–H and O–H groups in total. The van der Waals surface area contributed by atoms with Crippen molar-refractivity contribution >= 4 is 0 Å². The fourth-order valence-electron chi connectivity index (χ4n) is 2.38. The van der Waals surface area contributed by atoms with Gasteiger partial charge in [0.05, 0.1) is 12.7 Å². The highest BCUT2D eigenvalue weighted by Gasteiger charge is 2.25. The standard InChI is InChI=1S/C16H25NO3/c1-12-4-6-16(7-5-12)20-11-15(18)9-17-8-14(3)19-10-13(17)2/h4-7,13-15,18H,8-11H2,1-3H3/t13-,14+,15+/m0/s1. The number of hydrogen-bond donors (Lipinski definition) is 1. The van der Waals surface area contributed by atoms with Crippen LogP contribution in [0.3, 0.4) is 0 Å². The van der Waals surface area contributed by atoms with Crippen LogP contribution in [0.1, 0.15) is 19.4 Å². The van der Waals surface area contributed by atoms with Crippen molar-refractivity contribution in [1.29, 1.82) is 0 Å². The SMILES string of the molecule is Cc1ccc(OC[C@H](O)CN2C[C@@H](C)OC[C@@H]2C)cc1. The number of aliphatic hydroxyl groups excluding tert-OH is 1.